The van der Waals surface area contributed by atoms with Crippen molar-refractivity contribution >= 4 is 5.69 Å². The zero-order chi connectivity index (χ0) is 17.2. The predicted octanol–water partition coefficient (Wildman–Crippen LogP) is 1.49. The average Bonchev–Trinajstić information content (AvgIpc) is 2.61. The molecule has 130 valence electrons. The first-order valence-electron chi connectivity index (χ1n) is 8.43. The third-order valence-corrected chi connectivity index (χ3v) is 3.85. The molecule has 0 fully saturated rings. The molecule has 2 aromatic carbocycles. The van der Waals surface area contributed by atoms with E-state index in [1.807, 2.05) is 24.3 Å². The fourth-order valence-corrected chi connectivity index (χ4v) is 2.72. The lowest BCUT2D eigenvalue weighted by Gasteiger charge is -2.26. The van der Waals surface area contributed by atoms with Crippen LogP contribution in [0.2, 0.25) is 0 Å². The maximum Gasteiger partial charge on any atom is 0.120 e. The van der Waals surface area contributed by atoms with Crippen molar-refractivity contribution in [1.29, 1.82) is 0 Å². The average molecular weight is 328 g/mol. The number of rotatable bonds is 10. The first-order valence-corrected chi connectivity index (χ1v) is 8.43. The Morgan fingerprint density at radius 2 is 1.54 bits per heavy atom. The maximum absolute atomic E-state index is 5.93. The van der Waals surface area contributed by atoms with Gasteiger partial charge in [-0.2, -0.15) is 0 Å². The zero-order valence-corrected chi connectivity index (χ0v) is 14.2. The number of ether oxygens (including phenoxy) is 1. The van der Waals surface area contributed by atoms with E-state index in [0.29, 0.717) is 26.2 Å². The first kappa shape index (κ1) is 18.3. The Morgan fingerprint density at radius 1 is 0.833 bits per heavy atom. The van der Waals surface area contributed by atoms with Crippen LogP contribution < -0.4 is 26.8 Å². The topological polar surface area (TPSA) is 90.5 Å². The molecule has 2 aromatic rings. The van der Waals surface area contributed by atoms with Crippen LogP contribution in [-0.4, -0.2) is 32.7 Å². The molecule has 6 N–H and O–H groups in total. The Kier molecular flexibility index (Phi) is 7.55. The molecule has 0 aromatic heterocycles. The van der Waals surface area contributed by atoms with Crippen molar-refractivity contribution in [2.45, 2.75) is 13.0 Å². The molecule has 0 aliphatic carbocycles. The molecule has 0 amide bonds. The van der Waals surface area contributed by atoms with Crippen LogP contribution in [0.5, 0.6) is 5.75 Å². The van der Waals surface area contributed by atoms with Crippen molar-refractivity contribution in [3.05, 3.63) is 59.7 Å². The second kappa shape index (κ2) is 9.93. The predicted molar refractivity (Wildman–Crippen MR) is 100 cm³/mol. The van der Waals surface area contributed by atoms with Crippen molar-refractivity contribution in [3.8, 4) is 5.75 Å². The van der Waals surface area contributed by atoms with Crippen molar-refractivity contribution in [3.63, 3.8) is 0 Å². The quantitative estimate of drug-likeness (QED) is 0.615. The SMILES string of the molecule is NCCc1cc(OCc2ccccc2)ccc1N(CCN)CCN. The van der Waals surface area contributed by atoms with E-state index >= 15 is 0 Å². The summed E-state index contributed by atoms with van der Waals surface area (Å²) in [5, 5.41) is 0. The summed E-state index contributed by atoms with van der Waals surface area (Å²) in [6.45, 7) is 3.88. The van der Waals surface area contributed by atoms with Gasteiger partial charge < -0.3 is 26.8 Å². The zero-order valence-electron chi connectivity index (χ0n) is 14.2. The highest BCUT2D eigenvalue weighted by molar-refractivity contribution is 5.56. The lowest BCUT2D eigenvalue weighted by Crippen LogP contribution is -2.34. The number of nitrogens with two attached hydrogens (primary N) is 3. The van der Waals surface area contributed by atoms with Gasteiger partial charge in [-0.15, -0.1) is 0 Å². The molecule has 0 heterocycles. The summed E-state index contributed by atoms with van der Waals surface area (Å²) in [6, 6.07) is 16.3. The van der Waals surface area contributed by atoms with Gasteiger partial charge in [0.25, 0.3) is 0 Å². The van der Waals surface area contributed by atoms with E-state index in [4.69, 9.17) is 21.9 Å². The molecule has 0 radical (unpaired) electrons. The third kappa shape index (κ3) is 5.23. The van der Waals surface area contributed by atoms with E-state index in [0.717, 1.165) is 36.5 Å². The standard InChI is InChI=1S/C19H28N4O/c20-9-8-17-14-18(24-15-16-4-2-1-3-5-16)6-7-19(17)23(12-10-21)13-11-22/h1-7,14H,8-13,15,20-22H2. The maximum atomic E-state index is 5.93. The Bertz CT molecular complexity index is 598. The fraction of sp³-hybridized carbons (Fsp3) is 0.368. The molecular weight excluding hydrogens is 300 g/mol. The Balaban J connectivity index is 2.15. The van der Waals surface area contributed by atoms with Gasteiger partial charge in [-0.25, -0.2) is 0 Å². The van der Waals surface area contributed by atoms with Crippen LogP contribution in [0, 0.1) is 0 Å². The van der Waals surface area contributed by atoms with Gasteiger partial charge in [0.1, 0.15) is 12.4 Å². The smallest absolute Gasteiger partial charge is 0.120 e. The van der Waals surface area contributed by atoms with E-state index in [2.05, 4.69) is 29.2 Å². The molecule has 5 heteroatoms. The molecule has 0 saturated carbocycles. The van der Waals surface area contributed by atoms with Gasteiger partial charge in [0.15, 0.2) is 0 Å². The summed E-state index contributed by atoms with van der Waals surface area (Å²) in [4.78, 5) is 2.21. The molecule has 0 aliphatic heterocycles. The summed E-state index contributed by atoms with van der Waals surface area (Å²) >= 11 is 0. The summed E-state index contributed by atoms with van der Waals surface area (Å²) in [5.74, 6) is 0.853. The number of hydrogen-bond acceptors (Lipinski definition) is 5. The lowest BCUT2D eigenvalue weighted by atomic mass is 10.1. The second-order valence-electron chi connectivity index (χ2n) is 5.67. The molecule has 24 heavy (non-hydrogen) atoms. The van der Waals surface area contributed by atoms with Crippen molar-refractivity contribution < 1.29 is 4.74 Å². The Labute approximate surface area is 144 Å². The number of hydrogen-bond donors (Lipinski definition) is 3. The van der Waals surface area contributed by atoms with Gasteiger partial charge in [0, 0.05) is 31.9 Å². The molecule has 0 bridgehead atoms. The summed E-state index contributed by atoms with van der Waals surface area (Å²) in [7, 11) is 0. The minimum Gasteiger partial charge on any atom is -0.489 e. The Morgan fingerprint density at radius 3 is 2.17 bits per heavy atom. The number of nitrogens with zero attached hydrogens (tertiary/aromatic N) is 1. The molecule has 0 unspecified atom stereocenters. The van der Waals surface area contributed by atoms with E-state index in [1.165, 1.54) is 5.56 Å². The lowest BCUT2D eigenvalue weighted by molar-refractivity contribution is 0.306. The highest BCUT2D eigenvalue weighted by Gasteiger charge is 2.11. The summed E-state index contributed by atoms with van der Waals surface area (Å²) in [6.07, 6.45) is 0.795. The highest BCUT2D eigenvalue weighted by atomic mass is 16.5. The third-order valence-electron chi connectivity index (χ3n) is 3.85. The number of anilines is 1. The molecule has 0 saturated heterocycles. The van der Waals surface area contributed by atoms with Crippen LogP contribution >= 0.6 is 0 Å². The van der Waals surface area contributed by atoms with Crippen LogP contribution in [-0.2, 0) is 13.0 Å². The molecule has 0 aliphatic rings. The van der Waals surface area contributed by atoms with E-state index < -0.39 is 0 Å². The van der Waals surface area contributed by atoms with Crippen LogP contribution in [0.3, 0.4) is 0 Å². The van der Waals surface area contributed by atoms with Gasteiger partial charge in [0.05, 0.1) is 0 Å². The summed E-state index contributed by atoms with van der Waals surface area (Å²) in [5.41, 5.74) is 20.7. The van der Waals surface area contributed by atoms with E-state index in [9.17, 15) is 0 Å². The van der Waals surface area contributed by atoms with E-state index in [1.54, 1.807) is 0 Å². The second-order valence-corrected chi connectivity index (χ2v) is 5.67. The first-order chi connectivity index (χ1) is 11.8. The van der Waals surface area contributed by atoms with Crippen LogP contribution in [0.1, 0.15) is 11.1 Å². The van der Waals surface area contributed by atoms with E-state index in [-0.39, 0.29) is 0 Å². The molecule has 0 atom stereocenters. The summed E-state index contributed by atoms with van der Waals surface area (Å²) < 4.78 is 5.93. The van der Waals surface area contributed by atoms with Crippen molar-refractivity contribution in [2.24, 2.45) is 17.2 Å². The van der Waals surface area contributed by atoms with Gasteiger partial charge in [0.2, 0.25) is 0 Å². The van der Waals surface area contributed by atoms with Crippen LogP contribution in [0.25, 0.3) is 0 Å². The van der Waals surface area contributed by atoms with Gasteiger partial charge in [-0.3, -0.25) is 0 Å². The molecule has 2 rings (SSSR count). The van der Waals surface area contributed by atoms with Crippen molar-refractivity contribution in [1.82, 2.24) is 0 Å². The fourth-order valence-electron chi connectivity index (χ4n) is 2.72. The highest BCUT2D eigenvalue weighted by Crippen LogP contribution is 2.26. The van der Waals surface area contributed by atoms with Crippen LogP contribution in [0.15, 0.2) is 48.5 Å². The molecule has 0 spiro atoms. The largest absolute Gasteiger partial charge is 0.489 e. The van der Waals surface area contributed by atoms with Crippen molar-refractivity contribution in [2.75, 3.05) is 37.6 Å². The van der Waals surface area contributed by atoms with Gasteiger partial charge in [-0.1, -0.05) is 30.3 Å². The number of benzene rings is 2. The monoisotopic (exact) mass is 328 g/mol. The normalized spacial score (nSPS) is 10.6. The Hall–Kier alpha value is -2.08. The van der Waals surface area contributed by atoms with Gasteiger partial charge in [-0.05, 0) is 42.3 Å². The minimum absolute atomic E-state index is 0.553. The molecule has 5 nitrogen and oxygen atoms in total. The molecular formula is C19H28N4O. The van der Waals surface area contributed by atoms with Crippen LogP contribution in [0.4, 0.5) is 5.69 Å². The minimum atomic E-state index is 0.553. The van der Waals surface area contributed by atoms with Gasteiger partial charge >= 0.3 is 0 Å².